The van der Waals surface area contributed by atoms with E-state index in [0.717, 1.165) is 5.92 Å². The molecule has 0 radical (unpaired) electrons. The number of hydrogen-bond acceptors (Lipinski definition) is 2. The lowest BCUT2D eigenvalue weighted by atomic mass is 9.86. The summed E-state index contributed by atoms with van der Waals surface area (Å²) in [5.41, 5.74) is 5.93. The highest BCUT2D eigenvalue weighted by molar-refractivity contribution is 4.76. The Morgan fingerprint density at radius 1 is 1.38 bits per heavy atom. The largest absolute Gasteiger partial charge is 0.328 e. The van der Waals surface area contributed by atoms with Gasteiger partial charge in [-0.05, 0) is 44.7 Å². The molecule has 0 saturated heterocycles. The Hall–Kier alpha value is -0.0800. The topological polar surface area (TPSA) is 38.0 Å². The van der Waals surface area contributed by atoms with Crippen LogP contribution in [0.15, 0.2) is 0 Å². The van der Waals surface area contributed by atoms with Crippen LogP contribution in [0.2, 0.25) is 0 Å². The highest BCUT2D eigenvalue weighted by atomic mass is 14.9. The maximum absolute atomic E-state index is 5.93. The average molecular weight is 184 g/mol. The molecular formula is C11H24N2. The van der Waals surface area contributed by atoms with Gasteiger partial charge in [0.25, 0.3) is 0 Å². The number of hydrogen-bond donors (Lipinski definition) is 2. The summed E-state index contributed by atoms with van der Waals surface area (Å²) >= 11 is 0. The zero-order chi connectivity index (χ0) is 9.52. The van der Waals surface area contributed by atoms with E-state index in [0.29, 0.717) is 6.04 Å². The molecule has 78 valence electrons. The molecule has 1 fully saturated rings. The van der Waals surface area contributed by atoms with Crippen molar-refractivity contribution in [3.8, 4) is 0 Å². The van der Waals surface area contributed by atoms with Crippen LogP contribution < -0.4 is 11.1 Å². The van der Waals surface area contributed by atoms with E-state index in [9.17, 15) is 0 Å². The second-order valence-corrected chi connectivity index (χ2v) is 4.35. The maximum Gasteiger partial charge on any atom is 0.00419 e. The minimum Gasteiger partial charge on any atom is -0.328 e. The molecule has 0 heterocycles. The number of unbranched alkanes of at least 4 members (excludes halogenated alkanes) is 1. The summed E-state index contributed by atoms with van der Waals surface area (Å²) in [5.74, 6) is 0.848. The van der Waals surface area contributed by atoms with Gasteiger partial charge in [-0.25, -0.2) is 0 Å². The van der Waals surface area contributed by atoms with Gasteiger partial charge in [0.2, 0.25) is 0 Å². The van der Waals surface area contributed by atoms with E-state index in [1.165, 1.54) is 51.6 Å². The van der Waals surface area contributed by atoms with Crippen molar-refractivity contribution in [3.63, 3.8) is 0 Å². The summed E-state index contributed by atoms with van der Waals surface area (Å²) < 4.78 is 0. The van der Waals surface area contributed by atoms with Gasteiger partial charge in [0.15, 0.2) is 0 Å². The van der Waals surface area contributed by atoms with E-state index >= 15 is 0 Å². The van der Waals surface area contributed by atoms with Gasteiger partial charge < -0.3 is 11.1 Å². The zero-order valence-corrected chi connectivity index (χ0v) is 8.89. The summed E-state index contributed by atoms with van der Waals surface area (Å²) in [5, 5.41) is 3.52. The van der Waals surface area contributed by atoms with Crippen molar-refractivity contribution < 1.29 is 0 Å². The molecule has 0 aromatic carbocycles. The first-order valence-corrected chi connectivity index (χ1v) is 5.79. The van der Waals surface area contributed by atoms with Gasteiger partial charge in [-0.15, -0.1) is 0 Å². The van der Waals surface area contributed by atoms with E-state index in [2.05, 4.69) is 12.2 Å². The third kappa shape index (κ3) is 4.63. The van der Waals surface area contributed by atoms with E-state index < -0.39 is 0 Å². The van der Waals surface area contributed by atoms with Crippen LogP contribution in [-0.4, -0.2) is 19.1 Å². The summed E-state index contributed by atoms with van der Waals surface area (Å²) in [7, 11) is 0. The summed E-state index contributed by atoms with van der Waals surface area (Å²) in [6.07, 6.45) is 7.79. The van der Waals surface area contributed by atoms with Crippen LogP contribution in [0.3, 0.4) is 0 Å². The van der Waals surface area contributed by atoms with Crippen molar-refractivity contribution in [3.05, 3.63) is 0 Å². The lowest BCUT2D eigenvalue weighted by Gasteiger charge is -2.26. The van der Waals surface area contributed by atoms with E-state index in [4.69, 9.17) is 5.73 Å². The normalized spacial score (nSPS) is 29.1. The summed E-state index contributed by atoms with van der Waals surface area (Å²) in [4.78, 5) is 0. The Balaban J connectivity index is 2.00. The average Bonchev–Trinajstić information content (AvgIpc) is 2.13. The Bertz CT molecular complexity index is 125. The van der Waals surface area contributed by atoms with Crippen molar-refractivity contribution in [2.45, 2.75) is 51.5 Å². The number of rotatable bonds is 5. The number of nitrogens with two attached hydrogens (primary N) is 1. The van der Waals surface area contributed by atoms with E-state index in [-0.39, 0.29) is 0 Å². The van der Waals surface area contributed by atoms with Crippen LogP contribution in [0.25, 0.3) is 0 Å². The van der Waals surface area contributed by atoms with Crippen molar-refractivity contribution >= 4 is 0 Å². The molecule has 2 nitrogen and oxygen atoms in total. The third-order valence-corrected chi connectivity index (χ3v) is 2.96. The van der Waals surface area contributed by atoms with Crippen LogP contribution in [0.5, 0.6) is 0 Å². The van der Waals surface area contributed by atoms with Crippen molar-refractivity contribution in [2.24, 2.45) is 11.7 Å². The van der Waals surface area contributed by atoms with Crippen LogP contribution >= 0.6 is 0 Å². The molecule has 1 aliphatic carbocycles. The third-order valence-electron chi connectivity index (χ3n) is 2.96. The molecule has 0 amide bonds. The molecule has 2 atom stereocenters. The Kier molecular flexibility index (Phi) is 5.40. The molecule has 2 unspecified atom stereocenters. The lowest BCUT2D eigenvalue weighted by molar-refractivity contribution is 0.310. The first-order chi connectivity index (χ1) is 6.33. The molecular weight excluding hydrogens is 160 g/mol. The maximum atomic E-state index is 5.93. The van der Waals surface area contributed by atoms with Crippen molar-refractivity contribution in [1.29, 1.82) is 0 Å². The molecule has 1 saturated carbocycles. The summed E-state index contributed by atoms with van der Waals surface area (Å²) in [6, 6.07) is 0.478. The first kappa shape index (κ1) is 11.0. The van der Waals surface area contributed by atoms with Gasteiger partial charge in [-0.1, -0.05) is 19.8 Å². The second kappa shape index (κ2) is 6.39. The fraction of sp³-hybridized carbons (Fsp3) is 1.00. The Morgan fingerprint density at radius 3 is 2.92 bits per heavy atom. The molecule has 0 aliphatic heterocycles. The predicted octanol–water partition coefficient (Wildman–Crippen LogP) is 1.89. The minimum absolute atomic E-state index is 0.478. The molecule has 0 aromatic rings. The van der Waals surface area contributed by atoms with Gasteiger partial charge in [0, 0.05) is 6.04 Å². The molecule has 3 N–H and O–H groups in total. The van der Waals surface area contributed by atoms with Crippen LogP contribution in [0.1, 0.15) is 45.4 Å². The van der Waals surface area contributed by atoms with Gasteiger partial charge >= 0.3 is 0 Å². The molecule has 1 aliphatic rings. The van der Waals surface area contributed by atoms with E-state index in [1.54, 1.807) is 0 Å². The fourth-order valence-corrected chi connectivity index (χ4v) is 2.13. The zero-order valence-electron chi connectivity index (χ0n) is 8.89. The first-order valence-electron chi connectivity index (χ1n) is 5.79. The Labute approximate surface area is 82.3 Å². The molecule has 1 rings (SSSR count). The predicted molar refractivity (Wildman–Crippen MR) is 57.7 cm³/mol. The fourth-order valence-electron chi connectivity index (χ4n) is 2.13. The Morgan fingerprint density at radius 2 is 2.23 bits per heavy atom. The van der Waals surface area contributed by atoms with Crippen LogP contribution in [0.4, 0.5) is 0 Å². The van der Waals surface area contributed by atoms with E-state index in [1.807, 2.05) is 0 Å². The SMILES string of the molecule is CCCCNCC1CCCC(N)C1. The minimum atomic E-state index is 0.478. The smallest absolute Gasteiger partial charge is 0.00419 e. The molecule has 13 heavy (non-hydrogen) atoms. The molecule has 2 heteroatoms. The molecule has 0 aromatic heterocycles. The second-order valence-electron chi connectivity index (χ2n) is 4.35. The highest BCUT2D eigenvalue weighted by Crippen LogP contribution is 2.22. The van der Waals surface area contributed by atoms with Gasteiger partial charge in [0.1, 0.15) is 0 Å². The quantitative estimate of drug-likeness (QED) is 0.640. The summed E-state index contributed by atoms with van der Waals surface area (Å²) in [6.45, 7) is 4.61. The monoisotopic (exact) mass is 184 g/mol. The van der Waals surface area contributed by atoms with Crippen LogP contribution in [-0.2, 0) is 0 Å². The highest BCUT2D eigenvalue weighted by Gasteiger charge is 2.18. The van der Waals surface area contributed by atoms with Crippen LogP contribution in [0, 0.1) is 5.92 Å². The van der Waals surface area contributed by atoms with Gasteiger partial charge in [-0.2, -0.15) is 0 Å². The lowest BCUT2D eigenvalue weighted by Crippen LogP contribution is -2.33. The standard InChI is InChI=1S/C11H24N2/c1-2-3-7-13-9-10-5-4-6-11(12)8-10/h10-11,13H,2-9,12H2,1H3. The molecule has 0 bridgehead atoms. The molecule has 0 spiro atoms. The van der Waals surface area contributed by atoms with Crippen molar-refractivity contribution in [1.82, 2.24) is 5.32 Å². The number of nitrogens with one attached hydrogen (secondary N) is 1. The van der Waals surface area contributed by atoms with Crippen molar-refractivity contribution in [2.75, 3.05) is 13.1 Å². The van der Waals surface area contributed by atoms with Gasteiger partial charge in [-0.3, -0.25) is 0 Å². The van der Waals surface area contributed by atoms with Gasteiger partial charge in [0.05, 0.1) is 0 Å².